The highest BCUT2D eigenvalue weighted by Gasteiger charge is 2.15. The topological polar surface area (TPSA) is 0 Å². The lowest BCUT2D eigenvalue weighted by Crippen LogP contribution is -1.98. The van der Waals surface area contributed by atoms with Gasteiger partial charge in [-0.2, -0.15) is 0 Å². The van der Waals surface area contributed by atoms with Crippen molar-refractivity contribution in [2.45, 2.75) is 69.6 Å². The van der Waals surface area contributed by atoms with Gasteiger partial charge in [0.05, 0.1) is 0 Å². The van der Waals surface area contributed by atoms with Crippen LogP contribution >= 0.6 is 22.6 Å². The number of hydrogen-bond donors (Lipinski definition) is 0. The third-order valence-corrected chi connectivity index (χ3v) is 5.99. The van der Waals surface area contributed by atoms with Crippen molar-refractivity contribution in [2.75, 3.05) is 0 Å². The molecule has 0 saturated carbocycles. The number of hydrogen-bond acceptors (Lipinski definition) is 0. The number of halogens is 1. The molecule has 0 aliphatic rings. The van der Waals surface area contributed by atoms with E-state index >= 15 is 0 Å². The molecule has 0 amide bonds. The van der Waals surface area contributed by atoms with Crippen LogP contribution in [-0.4, -0.2) is 0 Å². The predicted molar refractivity (Wildman–Crippen MR) is 108 cm³/mol. The fraction of sp³-hybridized carbons (Fsp3) is 0.524. The van der Waals surface area contributed by atoms with E-state index in [0.29, 0.717) is 3.92 Å². The lowest BCUT2D eigenvalue weighted by Gasteiger charge is -2.18. The van der Waals surface area contributed by atoms with Crippen molar-refractivity contribution >= 4 is 33.4 Å². The minimum atomic E-state index is 0.633. The van der Waals surface area contributed by atoms with Crippen molar-refractivity contribution in [1.82, 2.24) is 0 Å². The van der Waals surface area contributed by atoms with E-state index in [1.165, 1.54) is 66.8 Å². The van der Waals surface area contributed by atoms with E-state index in [2.05, 4.69) is 73.7 Å². The van der Waals surface area contributed by atoms with Gasteiger partial charge in [0.1, 0.15) is 0 Å². The van der Waals surface area contributed by atoms with Crippen molar-refractivity contribution in [1.29, 1.82) is 0 Å². The minimum Gasteiger partial charge on any atom is -0.0774 e. The number of alkyl halides is 1. The Kier molecular flexibility index (Phi) is 7.20. The van der Waals surface area contributed by atoms with Gasteiger partial charge in [-0.1, -0.05) is 98.4 Å². The molecule has 0 spiro atoms. The first-order valence-corrected chi connectivity index (χ1v) is 10.0. The van der Waals surface area contributed by atoms with Crippen molar-refractivity contribution in [2.24, 2.45) is 0 Å². The summed E-state index contributed by atoms with van der Waals surface area (Å²) in [5, 5.41) is 2.85. The number of fused-ring (bicyclic) bond motifs is 1. The summed E-state index contributed by atoms with van der Waals surface area (Å²) < 4.78 is 0.633. The summed E-state index contributed by atoms with van der Waals surface area (Å²) in [5.41, 5.74) is 4.49. The van der Waals surface area contributed by atoms with Crippen molar-refractivity contribution < 1.29 is 0 Å². The molecular formula is C21H29I. The standard InChI is InChI=1S/C21H29I/c1-4-5-6-7-8-9-14-20(22)21-17(3)16(2)15-18-12-10-11-13-19(18)21/h10-13,15,20H,4-9,14H2,1-3H3. The number of rotatable bonds is 8. The van der Waals surface area contributed by atoms with Crippen molar-refractivity contribution in [3.8, 4) is 0 Å². The van der Waals surface area contributed by atoms with Gasteiger partial charge in [-0.05, 0) is 47.7 Å². The van der Waals surface area contributed by atoms with Gasteiger partial charge < -0.3 is 0 Å². The zero-order chi connectivity index (χ0) is 15.9. The first kappa shape index (κ1) is 17.8. The van der Waals surface area contributed by atoms with E-state index in [0.717, 1.165) is 0 Å². The monoisotopic (exact) mass is 408 g/mol. The largest absolute Gasteiger partial charge is 0.0774 e. The SMILES string of the molecule is CCCCCCCCC(I)c1c(C)c(C)cc2ccccc12. The first-order valence-electron chi connectivity index (χ1n) is 8.78. The Morgan fingerprint density at radius 3 is 2.41 bits per heavy atom. The van der Waals surface area contributed by atoms with Crippen LogP contribution in [0.25, 0.3) is 10.8 Å². The van der Waals surface area contributed by atoms with Crippen LogP contribution in [0.5, 0.6) is 0 Å². The quantitative estimate of drug-likeness (QED) is 0.239. The number of benzene rings is 2. The second-order valence-corrected chi connectivity index (χ2v) is 7.98. The summed E-state index contributed by atoms with van der Waals surface area (Å²) in [6.07, 6.45) is 9.61. The molecule has 1 heteroatoms. The van der Waals surface area contributed by atoms with E-state index in [-0.39, 0.29) is 0 Å². The van der Waals surface area contributed by atoms with Crippen LogP contribution in [0.1, 0.15) is 72.5 Å². The molecule has 0 bridgehead atoms. The molecule has 0 fully saturated rings. The Hall–Kier alpha value is -0.570. The molecule has 22 heavy (non-hydrogen) atoms. The smallest absolute Gasteiger partial charge is 0.0368 e. The molecule has 2 rings (SSSR count). The van der Waals surface area contributed by atoms with Crippen LogP contribution < -0.4 is 0 Å². The molecule has 0 nitrogen and oxygen atoms in total. The third kappa shape index (κ3) is 4.47. The van der Waals surface area contributed by atoms with Crippen LogP contribution in [0.4, 0.5) is 0 Å². The summed E-state index contributed by atoms with van der Waals surface area (Å²) in [7, 11) is 0. The molecule has 0 aromatic heterocycles. The second-order valence-electron chi connectivity index (χ2n) is 6.48. The molecule has 2 aromatic rings. The Morgan fingerprint density at radius 2 is 1.64 bits per heavy atom. The maximum absolute atomic E-state index is 2.67. The summed E-state index contributed by atoms with van der Waals surface area (Å²) in [6, 6.07) is 11.2. The van der Waals surface area contributed by atoms with Crippen LogP contribution in [0.15, 0.2) is 30.3 Å². The molecule has 0 heterocycles. The van der Waals surface area contributed by atoms with Crippen LogP contribution in [0.2, 0.25) is 0 Å². The first-order chi connectivity index (χ1) is 10.6. The lowest BCUT2D eigenvalue weighted by molar-refractivity contribution is 0.590. The zero-order valence-electron chi connectivity index (χ0n) is 14.3. The maximum Gasteiger partial charge on any atom is 0.0368 e. The summed E-state index contributed by atoms with van der Waals surface area (Å²) in [4.78, 5) is 0. The lowest BCUT2D eigenvalue weighted by atomic mass is 9.92. The van der Waals surface area contributed by atoms with E-state index in [4.69, 9.17) is 0 Å². The van der Waals surface area contributed by atoms with Gasteiger partial charge in [-0.15, -0.1) is 0 Å². The van der Waals surface area contributed by atoms with Gasteiger partial charge in [0.15, 0.2) is 0 Å². The zero-order valence-corrected chi connectivity index (χ0v) is 16.4. The predicted octanol–water partition coefficient (Wildman–Crippen LogP) is 7.68. The molecule has 1 unspecified atom stereocenters. The van der Waals surface area contributed by atoms with Gasteiger partial charge in [0.2, 0.25) is 0 Å². The molecule has 0 radical (unpaired) electrons. The Labute approximate surface area is 149 Å². The number of aryl methyl sites for hydroxylation is 1. The highest BCUT2D eigenvalue weighted by molar-refractivity contribution is 14.1. The highest BCUT2D eigenvalue weighted by atomic mass is 127. The molecule has 0 saturated heterocycles. The third-order valence-electron chi connectivity index (χ3n) is 4.74. The van der Waals surface area contributed by atoms with E-state index < -0.39 is 0 Å². The molecule has 0 N–H and O–H groups in total. The molecule has 2 aromatic carbocycles. The summed E-state index contributed by atoms with van der Waals surface area (Å²) >= 11 is 2.67. The summed E-state index contributed by atoms with van der Waals surface area (Å²) in [6.45, 7) is 6.83. The van der Waals surface area contributed by atoms with Crippen LogP contribution in [0, 0.1) is 13.8 Å². The van der Waals surface area contributed by atoms with Crippen molar-refractivity contribution in [3.05, 3.63) is 47.0 Å². The van der Waals surface area contributed by atoms with E-state index in [9.17, 15) is 0 Å². The average molecular weight is 408 g/mol. The molecular weight excluding hydrogens is 379 g/mol. The molecule has 0 aliphatic carbocycles. The summed E-state index contributed by atoms with van der Waals surface area (Å²) in [5.74, 6) is 0. The van der Waals surface area contributed by atoms with E-state index in [1.807, 2.05) is 0 Å². The van der Waals surface area contributed by atoms with E-state index in [1.54, 1.807) is 5.56 Å². The fourth-order valence-electron chi connectivity index (χ4n) is 3.28. The average Bonchev–Trinajstić information content (AvgIpc) is 2.52. The fourth-order valence-corrected chi connectivity index (χ4v) is 4.52. The van der Waals surface area contributed by atoms with Gasteiger partial charge in [0, 0.05) is 3.92 Å². The van der Waals surface area contributed by atoms with Gasteiger partial charge >= 0.3 is 0 Å². The van der Waals surface area contributed by atoms with Crippen LogP contribution in [0.3, 0.4) is 0 Å². The Balaban J connectivity index is 2.07. The Bertz CT molecular complexity index is 600. The second kappa shape index (κ2) is 8.90. The van der Waals surface area contributed by atoms with Crippen LogP contribution in [-0.2, 0) is 0 Å². The molecule has 120 valence electrons. The van der Waals surface area contributed by atoms with Gasteiger partial charge in [-0.25, -0.2) is 0 Å². The molecule has 1 atom stereocenters. The molecule has 0 aliphatic heterocycles. The van der Waals surface area contributed by atoms with Crippen molar-refractivity contribution in [3.63, 3.8) is 0 Å². The van der Waals surface area contributed by atoms with Gasteiger partial charge in [0.25, 0.3) is 0 Å². The maximum atomic E-state index is 2.67. The normalized spacial score (nSPS) is 12.7. The highest BCUT2D eigenvalue weighted by Crippen LogP contribution is 2.38. The minimum absolute atomic E-state index is 0.633. The Morgan fingerprint density at radius 1 is 0.955 bits per heavy atom. The number of unbranched alkanes of at least 4 members (excludes halogenated alkanes) is 5. The van der Waals surface area contributed by atoms with Gasteiger partial charge in [-0.3, -0.25) is 0 Å².